The van der Waals surface area contributed by atoms with Crippen LogP contribution in [0.3, 0.4) is 0 Å². The summed E-state index contributed by atoms with van der Waals surface area (Å²) in [6.07, 6.45) is 1.64. The van der Waals surface area contributed by atoms with Gasteiger partial charge in [0.2, 0.25) is 0 Å². The molecule has 1 aromatic carbocycles. The van der Waals surface area contributed by atoms with Crippen LogP contribution < -0.4 is 5.73 Å². The molecule has 0 aliphatic heterocycles. The fourth-order valence-electron chi connectivity index (χ4n) is 1.82. The zero-order chi connectivity index (χ0) is 14.9. The number of benzene rings is 1. The van der Waals surface area contributed by atoms with Crippen LogP contribution in [0.25, 0.3) is 5.69 Å². The molecule has 0 saturated carbocycles. The molecule has 1 aromatic heterocycles. The lowest BCUT2D eigenvalue weighted by Gasteiger charge is -2.09. The largest absolute Gasteiger partial charge is 0.465 e. The van der Waals surface area contributed by atoms with Crippen LogP contribution in [-0.2, 0) is 4.74 Å². The topological polar surface area (TPSA) is 70.1 Å². The number of nitrogens with zero attached hydrogens (tertiary/aromatic N) is 2. The first-order valence-electron chi connectivity index (χ1n) is 6.17. The summed E-state index contributed by atoms with van der Waals surface area (Å²) in [4.78, 5) is 11.6. The molecule has 20 heavy (non-hydrogen) atoms. The van der Waals surface area contributed by atoms with E-state index in [1.807, 2.05) is 13.8 Å². The maximum atomic E-state index is 14.0. The fourth-order valence-corrected chi connectivity index (χ4v) is 1.82. The van der Waals surface area contributed by atoms with Gasteiger partial charge in [0.1, 0.15) is 5.69 Å². The summed E-state index contributed by atoms with van der Waals surface area (Å²) in [5.74, 6) is -0.929. The molecule has 0 aliphatic carbocycles. The molecule has 106 valence electrons. The highest BCUT2D eigenvalue weighted by Crippen LogP contribution is 2.22. The average molecular weight is 277 g/mol. The van der Waals surface area contributed by atoms with Crippen LogP contribution in [0.4, 0.5) is 10.1 Å². The molecule has 2 N–H and O–H groups in total. The highest BCUT2D eigenvalue weighted by molar-refractivity contribution is 5.95. The number of carbonyl (C=O) groups is 1. The predicted molar refractivity (Wildman–Crippen MR) is 73.4 cm³/mol. The van der Waals surface area contributed by atoms with Gasteiger partial charge < -0.3 is 10.5 Å². The van der Waals surface area contributed by atoms with Crippen molar-refractivity contribution in [3.05, 3.63) is 41.5 Å². The number of nitrogen functional groups attached to an aromatic ring is 1. The Bertz CT molecular complexity index is 650. The van der Waals surface area contributed by atoms with Crippen LogP contribution in [0.2, 0.25) is 0 Å². The Balaban J connectivity index is 2.52. The zero-order valence-electron chi connectivity index (χ0n) is 11.6. The maximum Gasteiger partial charge on any atom is 0.340 e. The number of aromatic nitrogens is 2. The van der Waals surface area contributed by atoms with E-state index >= 15 is 0 Å². The Labute approximate surface area is 116 Å². The van der Waals surface area contributed by atoms with E-state index in [1.54, 1.807) is 12.3 Å². The molecule has 2 aromatic rings. The van der Waals surface area contributed by atoms with Gasteiger partial charge >= 0.3 is 5.97 Å². The minimum atomic E-state index is -0.611. The van der Waals surface area contributed by atoms with Crippen molar-refractivity contribution in [2.45, 2.75) is 19.8 Å². The molecule has 0 atom stereocenters. The number of nitrogens with two attached hydrogens (primary N) is 1. The number of esters is 1. The molecular weight excluding hydrogens is 261 g/mol. The molecule has 1 heterocycles. The highest BCUT2D eigenvalue weighted by atomic mass is 19.1. The molecule has 0 bridgehead atoms. The summed E-state index contributed by atoms with van der Waals surface area (Å²) in [6.45, 7) is 3.98. The number of methoxy groups -OCH3 is 1. The van der Waals surface area contributed by atoms with Crippen LogP contribution in [0, 0.1) is 5.82 Å². The quantitative estimate of drug-likeness (QED) is 0.691. The summed E-state index contributed by atoms with van der Waals surface area (Å²) in [5, 5.41) is 4.28. The van der Waals surface area contributed by atoms with Gasteiger partial charge in [-0.15, -0.1) is 0 Å². The lowest BCUT2D eigenvalue weighted by molar-refractivity contribution is 0.0602. The number of rotatable bonds is 3. The third kappa shape index (κ3) is 2.49. The van der Waals surface area contributed by atoms with E-state index in [4.69, 9.17) is 5.73 Å². The van der Waals surface area contributed by atoms with Crippen molar-refractivity contribution in [3.63, 3.8) is 0 Å². The molecular formula is C14H16FN3O2. The Kier molecular flexibility index (Phi) is 3.74. The average Bonchev–Trinajstić information content (AvgIpc) is 2.87. The van der Waals surface area contributed by atoms with Gasteiger partial charge in [0, 0.05) is 11.9 Å². The lowest BCUT2D eigenvalue weighted by Crippen LogP contribution is -2.09. The van der Waals surface area contributed by atoms with Gasteiger partial charge in [-0.1, -0.05) is 13.8 Å². The second kappa shape index (κ2) is 5.32. The first-order valence-corrected chi connectivity index (χ1v) is 6.17. The predicted octanol–water partition coefficient (Wildman–Crippen LogP) is 2.50. The molecule has 0 fully saturated rings. The van der Waals surface area contributed by atoms with Gasteiger partial charge in [0.05, 0.1) is 18.4 Å². The van der Waals surface area contributed by atoms with Crippen LogP contribution in [-0.4, -0.2) is 22.9 Å². The number of hydrogen-bond donors (Lipinski definition) is 1. The highest BCUT2D eigenvalue weighted by Gasteiger charge is 2.16. The molecule has 0 saturated heterocycles. The Morgan fingerprint density at radius 1 is 1.45 bits per heavy atom. The number of halogens is 1. The SMILES string of the molecule is COC(=O)c1cc(-n2ccc(C(C)C)n2)c(F)cc1N. The van der Waals surface area contributed by atoms with E-state index in [1.165, 1.54) is 17.9 Å². The van der Waals surface area contributed by atoms with Crippen LogP contribution in [0.5, 0.6) is 0 Å². The Hall–Kier alpha value is -2.37. The lowest BCUT2D eigenvalue weighted by atomic mass is 10.1. The molecule has 0 amide bonds. The fraction of sp³-hybridized carbons (Fsp3) is 0.286. The summed E-state index contributed by atoms with van der Waals surface area (Å²) in [7, 11) is 1.25. The van der Waals surface area contributed by atoms with E-state index in [0.717, 1.165) is 11.8 Å². The van der Waals surface area contributed by atoms with Gasteiger partial charge in [0.15, 0.2) is 5.82 Å². The van der Waals surface area contributed by atoms with Crippen molar-refractivity contribution >= 4 is 11.7 Å². The first-order chi connectivity index (χ1) is 9.43. The zero-order valence-corrected chi connectivity index (χ0v) is 11.6. The van der Waals surface area contributed by atoms with E-state index in [0.29, 0.717) is 0 Å². The van der Waals surface area contributed by atoms with Crippen molar-refractivity contribution < 1.29 is 13.9 Å². The second-order valence-corrected chi connectivity index (χ2v) is 4.72. The minimum absolute atomic E-state index is 0.0364. The minimum Gasteiger partial charge on any atom is -0.465 e. The van der Waals surface area contributed by atoms with Gasteiger partial charge in [-0.3, -0.25) is 0 Å². The number of anilines is 1. The van der Waals surface area contributed by atoms with Crippen molar-refractivity contribution in [2.75, 3.05) is 12.8 Å². The van der Waals surface area contributed by atoms with Crippen LogP contribution in [0.15, 0.2) is 24.4 Å². The van der Waals surface area contributed by atoms with Gasteiger partial charge in [-0.2, -0.15) is 5.10 Å². The molecule has 2 rings (SSSR count). The molecule has 0 radical (unpaired) electrons. The van der Waals surface area contributed by atoms with Crippen molar-refractivity contribution in [2.24, 2.45) is 0 Å². The number of ether oxygens (including phenoxy) is 1. The Morgan fingerprint density at radius 3 is 2.70 bits per heavy atom. The molecule has 6 heteroatoms. The third-order valence-electron chi connectivity index (χ3n) is 2.97. The van der Waals surface area contributed by atoms with E-state index in [2.05, 4.69) is 9.84 Å². The third-order valence-corrected chi connectivity index (χ3v) is 2.97. The van der Waals surface area contributed by atoms with Crippen LogP contribution >= 0.6 is 0 Å². The molecule has 5 nitrogen and oxygen atoms in total. The molecule has 0 unspecified atom stereocenters. The van der Waals surface area contributed by atoms with Crippen molar-refractivity contribution in [3.8, 4) is 5.69 Å². The summed E-state index contributed by atoms with van der Waals surface area (Å²) >= 11 is 0. The molecule has 0 spiro atoms. The number of carbonyl (C=O) groups excluding carboxylic acids is 1. The van der Waals surface area contributed by atoms with Gasteiger partial charge in [-0.25, -0.2) is 13.9 Å². The standard InChI is InChI=1S/C14H16FN3O2/c1-8(2)12-4-5-18(17-12)13-6-9(14(19)20-3)11(16)7-10(13)15/h4-8H,16H2,1-3H3. The van der Waals surface area contributed by atoms with E-state index in [-0.39, 0.29) is 22.9 Å². The van der Waals surface area contributed by atoms with E-state index < -0.39 is 11.8 Å². The summed E-state index contributed by atoms with van der Waals surface area (Å²) in [6, 6.07) is 4.24. The first kappa shape index (κ1) is 14.0. The maximum absolute atomic E-state index is 14.0. The van der Waals surface area contributed by atoms with Crippen LogP contribution in [0.1, 0.15) is 35.8 Å². The van der Waals surface area contributed by atoms with Gasteiger partial charge in [-0.05, 0) is 24.1 Å². The normalized spacial score (nSPS) is 10.8. The smallest absolute Gasteiger partial charge is 0.340 e. The second-order valence-electron chi connectivity index (χ2n) is 4.72. The number of hydrogen-bond acceptors (Lipinski definition) is 4. The van der Waals surface area contributed by atoms with Gasteiger partial charge in [0.25, 0.3) is 0 Å². The van der Waals surface area contributed by atoms with Crippen molar-refractivity contribution in [1.29, 1.82) is 0 Å². The van der Waals surface area contributed by atoms with Crippen molar-refractivity contribution in [1.82, 2.24) is 9.78 Å². The summed E-state index contributed by atoms with van der Waals surface area (Å²) in [5.41, 5.74) is 6.77. The monoisotopic (exact) mass is 277 g/mol. The Morgan fingerprint density at radius 2 is 2.15 bits per heavy atom. The summed E-state index contributed by atoms with van der Waals surface area (Å²) < 4.78 is 20.0. The van der Waals surface area contributed by atoms with E-state index in [9.17, 15) is 9.18 Å². The molecule has 0 aliphatic rings.